The maximum atomic E-state index is 12.2. The van der Waals surface area contributed by atoms with E-state index in [9.17, 15) is 19.5 Å². The normalized spacial score (nSPS) is 12.9. The highest BCUT2D eigenvalue weighted by molar-refractivity contribution is 5.81. The second-order valence-electron chi connectivity index (χ2n) is 12.2. The molecule has 4 rings (SSSR count). The van der Waals surface area contributed by atoms with Gasteiger partial charge < -0.3 is 41.0 Å². The van der Waals surface area contributed by atoms with Crippen LogP contribution in [0.3, 0.4) is 0 Å². The Morgan fingerprint density at radius 2 is 1.40 bits per heavy atom. The molecular formula is C36H46N4O7. The van der Waals surface area contributed by atoms with Crippen LogP contribution in [-0.4, -0.2) is 81.8 Å². The van der Waals surface area contributed by atoms with Gasteiger partial charge in [-0.05, 0) is 66.6 Å². The summed E-state index contributed by atoms with van der Waals surface area (Å²) in [4.78, 5) is 35.7. The van der Waals surface area contributed by atoms with Crippen molar-refractivity contribution in [1.29, 1.82) is 0 Å². The number of ether oxygens (including phenoxy) is 3. The number of rotatable bonds is 19. The fourth-order valence-electron chi connectivity index (χ4n) is 5.58. The minimum absolute atomic E-state index is 0.0174. The average molecular weight is 647 g/mol. The highest BCUT2D eigenvalue weighted by atomic mass is 16.6. The molecule has 1 aliphatic carbocycles. The molecule has 0 unspecified atom stereocenters. The summed E-state index contributed by atoms with van der Waals surface area (Å²) in [5, 5.41) is 17.9. The molecule has 0 aliphatic heterocycles. The fourth-order valence-corrected chi connectivity index (χ4v) is 5.58. The molecule has 252 valence electrons. The molecule has 0 bridgehead atoms. The second-order valence-corrected chi connectivity index (χ2v) is 12.2. The van der Waals surface area contributed by atoms with Crippen LogP contribution in [0, 0.1) is 5.41 Å². The topological polar surface area (TPSA) is 161 Å². The molecule has 0 spiro atoms. The maximum Gasteiger partial charge on any atom is 0.407 e. The fraction of sp³-hybridized carbons (Fsp3) is 0.417. The predicted molar refractivity (Wildman–Crippen MR) is 180 cm³/mol. The smallest absolute Gasteiger partial charge is 0.407 e. The van der Waals surface area contributed by atoms with Crippen LogP contribution in [0.4, 0.5) is 10.5 Å². The predicted octanol–water partition coefficient (Wildman–Crippen LogP) is 4.16. The number of nitrogens with two attached hydrogens (primary N) is 1. The van der Waals surface area contributed by atoms with E-state index in [2.05, 4.69) is 40.2 Å². The van der Waals surface area contributed by atoms with Gasteiger partial charge in [-0.2, -0.15) is 0 Å². The second kappa shape index (κ2) is 17.5. The van der Waals surface area contributed by atoms with Crippen LogP contribution in [0.5, 0.6) is 0 Å². The van der Waals surface area contributed by atoms with E-state index >= 15 is 0 Å². The van der Waals surface area contributed by atoms with E-state index in [-0.39, 0.29) is 31.0 Å². The zero-order chi connectivity index (χ0) is 33.6. The van der Waals surface area contributed by atoms with Crippen molar-refractivity contribution < 1.29 is 33.7 Å². The van der Waals surface area contributed by atoms with E-state index in [1.54, 1.807) is 13.8 Å². The van der Waals surface area contributed by atoms with E-state index in [0.717, 1.165) is 11.3 Å². The van der Waals surface area contributed by atoms with Crippen LogP contribution in [-0.2, 0) is 30.2 Å². The quantitative estimate of drug-likeness (QED) is 0.121. The lowest BCUT2D eigenvalue weighted by molar-refractivity contribution is -0.147. The summed E-state index contributed by atoms with van der Waals surface area (Å²) in [5.41, 5.74) is 11.8. The number of hydrogen-bond acceptors (Lipinski definition) is 8. The summed E-state index contributed by atoms with van der Waals surface area (Å²) in [6, 6.07) is 23.7. The lowest BCUT2D eigenvalue weighted by Gasteiger charge is -2.23. The van der Waals surface area contributed by atoms with Gasteiger partial charge in [0.15, 0.2) is 0 Å². The van der Waals surface area contributed by atoms with E-state index in [0.29, 0.717) is 52.4 Å². The lowest BCUT2D eigenvalue weighted by Crippen LogP contribution is -2.34. The molecule has 0 saturated carbocycles. The number of fused-ring (bicyclic) bond motifs is 3. The SMILES string of the molecule is CC(C)(C[C@H](N)Cc1ccc(NCC(=O)NCCOCCOCCNC(=O)OCC2c3ccccc3-c3ccccc32)cc1)C(=O)O. The summed E-state index contributed by atoms with van der Waals surface area (Å²) in [6.07, 6.45) is 0.469. The molecule has 3 aromatic carbocycles. The monoisotopic (exact) mass is 646 g/mol. The third kappa shape index (κ3) is 10.8. The summed E-state index contributed by atoms with van der Waals surface area (Å²) in [6.45, 7) is 5.82. The third-order valence-electron chi connectivity index (χ3n) is 8.06. The Bertz CT molecular complexity index is 1430. The van der Waals surface area contributed by atoms with E-state index in [1.165, 1.54) is 22.3 Å². The number of anilines is 1. The van der Waals surface area contributed by atoms with Gasteiger partial charge in [-0.1, -0.05) is 60.7 Å². The Hall–Kier alpha value is -4.45. The van der Waals surface area contributed by atoms with E-state index < -0.39 is 17.5 Å². The van der Waals surface area contributed by atoms with Gasteiger partial charge in [0.2, 0.25) is 5.91 Å². The van der Waals surface area contributed by atoms with Crippen LogP contribution in [0.25, 0.3) is 11.1 Å². The van der Waals surface area contributed by atoms with Crippen molar-refractivity contribution in [2.45, 2.75) is 38.6 Å². The Balaban J connectivity index is 0.982. The third-order valence-corrected chi connectivity index (χ3v) is 8.06. The molecule has 2 amide bonds. The molecule has 0 fully saturated rings. The zero-order valence-electron chi connectivity index (χ0n) is 27.1. The van der Waals surface area contributed by atoms with Gasteiger partial charge in [0.25, 0.3) is 0 Å². The molecule has 47 heavy (non-hydrogen) atoms. The number of carbonyl (C=O) groups excluding carboxylic acids is 2. The van der Waals surface area contributed by atoms with Gasteiger partial charge >= 0.3 is 12.1 Å². The minimum Gasteiger partial charge on any atom is -0.481 e. The number of hydrogen-bond donors (Lipinski definition) is 5. The first kappa shape index (κ1) is 35.4. The molecule has 0 radical (unpaired) electrons. The van der Waals surface area contributed by atoms with Crippen LogP contribution in [0.2, 0.25) is 0 Å². The van der Waals surface area contributed by atoms with Crippen LogP contribution >= 0.6 is 0 Å². The van der Waals surface area contributed by atoms with Crippen molar-refractivity contribution in [1.82, 2.24) is 10.6 Å². The average Bonchev–Trinajstić information content (AvgIpc) is 3.37. The molecule has 0 heterocycles. The number of carboxylic acid groups (broad SMARTS) is 1. The molecule has 3 aromatic rings. The van der Waals surface area contributed by atoms with Crippen molar-refractivity contribution in [3.8, 4) is 11.1 Å². The first-order valence-corrected chi connectivity index (χ1v) is 16.0. The summed E-state index contributed by atoms with van der Waals surface area (Å²) in [7, 11) is 0. The van der Waals surface area contributed by atoms with Gasteiger partial charge in [0, 0.05) is 30.7 Å². The van der Waals surface area contributed by atoms with Crippen LogP contribution in [0.1, 0.15) is 42.9 Å². The zero-order valence-corrected chi connectivity index (χ0v) is 27.1. The van der Waals surface area contributed by atoms with Gasteiger partial charge in [0.05, 0.1) is 38.4 Å². The molecule has 6 N–H and O–H groups in total. The van der Waals surface area contributed by atoms with E-state index in [4.69, 9.17) is 19.9 Å². The Morgan fingerprint density at radius 3 is 2.00 bits per heavy atom. The Morgan fingerprint density at radius 1 is 0.830 bits per heavy atom. The van der Waals surface area contributed by atoms with Crippen molar-refractivity contribution in [3.05, 3.63) is 89.5 Å². The number of aliphatic carboxylic acids is 1. The minimum atomic E-state index is -0.873. The first-order valence-electron chi connectivity index (χ1n) is 16.0. The first-order chi connectivity index (χ1) is 22.6. The van der Waals surface area contributed by atoms with Gasteiger partial charge in [-0.25, -0.2) is 4.79 Å². The number of alkyl carbamates (subject to hydrolysis) is 1. The van der Waals surface area contributed by atoms with Crippen molar-refractivity contribution in [2.75, 3.05) is 58.0 Å². The largest absolute Gasteiger partial charge is 0.481 e. The van der Waals surface area contributed by atoms with Crippen LogP contribution < -0.4 is 21.7 Å². The highest BCUT2D eigenvalue weighted by Crippen LogP contribution is 2.44. The summed E-state index contributed by atoms with van der Waals surface area (Å²) in [5.74, 6) is -1.00. The Labute approximate surface area is 276 Å². The number of carbonyl (C=O) groups is 3. The molecule has 11 heteroatoms. The lowest BCUT2D eigenvalue weighted by atomic mass is 9.84. The molecule has 1 aliphatic rings. The number of nitrogens with one attached hydrogen (secondary N) is 3. The molecule has 0 saturated heterocycles. The molecular weight excluding hydrogens is 600 g/mol. The Kier molecular flexibility index (Phi) is 13.2. The summed E-state index contributed by atoms with van der Waals surface area (Å²) >= 11 is 0. The maximum absolute atomic E-state index is 12.2. The van der Waals surface area contributed by atoms with Gasteiger partial charge in [-0.15, -0.1) is 0 Å². The molecule has 1 atom stereocenters. The number of benzene rings is 3. The highest BCUT2D eigenvalue weighted by Gasteiger charge is 2.30. The van der Waals surface area contributed by atoms with Gasteiger partial charge in [0.1, 0.15) is 6.61 Å². The summed E-state index contributed by atoms with van der Waals surface area (Å²) < 4.78 is 16.5. The molecule has 11 nitrogen and oxygen atoms in total. The molecule has 0 aromatic heterocycles. The van der Waals surface area contributed by atoms with Gasteiger partial charge in [-0.3, -0.25) is 9.59 Å². The van der Waals surface area contributed by atoms with Crippen LogP contribution in [0.15, 0.2) is 72.8 Å². The number of amides is 2. The number of carboxylic acids is 1. The van der Waals surface area contributed by atoms with Crippen molar-refractivity contribution in [2.24, 2.45) is 11.1 Å². The van der Waals surface area contributed by atoms with Crippen molar-refractivity contribution >= 4 is 23.7 Å². The van der Waals surface area contributed by atoms with E-state index in [1.807, 2.05) is 48.5 Å². The van der Waals surface area contributed by atoms with Crippen molar-refractivity contribution in [3.63, 3.8) is 0 Å². The standard InChI is InChI=1S/C36H46N4O7/c1-36(2,34(42)43)22-26(37)21-25-11-13-27(14-12-25)40-23-33(41)38-15-17-45-19-20-46-18-16-39-35(44)47-24-32-30-9-5-3-7-28(30)29-8-4-6-10-31(29)32/h3-14,26,32,40H,15-24,37H2,1-2H3,(H,38,41)(H,39,44)(H,42,43)/t26-/m1/s1.